The summed E-state index contributed by atoms with van der Waals surface area (Å²) >= 11 is 0. The average Bonchev–Trinajstić information content (AvgIpc) is 2.30. The summed E-state index contributed by atoms with van der Waals surface area (Å²) in [5, 5.41) is 14.3. The first kappa shape index (κ1) is 18.3. The molecule has 0 aliphatic heterocycles. The monoisotopic (exact) mass is 284 g/mol. The molecule has 6 heteroatoms. The number of rotatable bonds is 11. The second-order valence-corrected chi connectivity index (χ2v) is 4.77. The third-order valence-corrected chi connectivity index (χ3v) is 2.38. The molecule has 0 spiro atoms. The maximum atomic E-state index is 11.1. The summed E-state index contributed by atoms with van der Waals surface area (Å²) < 4.78 is 9.91. The Bertz CT molecular complexity index is 319. The van der Waals surface area contributed by atoms with E-state index in [1.807, 2.05) is 0 Å². The zero-order valence-corrected chi connectivity index (χ0v) is 12.3. The van der Waals surface area contributed by atoms with Crippen molar-refractivity contribution in [3.63, 3.8) is 0 Å². The van der Waals surface area contributed by atoms with Gasteiger partial charge in [-0.05, 0) is 39.5 Å². The van der Waals surface area contributed by atoms with Crippen molar-refractivity contribution in [2.75, 3.05) is 13.2 Å². The number of hydrogen-bond donors (Lipinski definition) is 2. The third-order valence-electron chi connectivity index (χ3n) is 2.38. The predicted octanol–water partition coefficient (Wildman–Crippen LogP) is 2.49. The van der Waals surface area contributed by atoms with Crippen LogP contribution in [0.1, 0.15) is 52.4 Å². The van der Waals surface area contributed by atoms with Crippen LogP contribution in [0.15, 0.2) is 0 Å². The molecule has 0 saturated heterocycles. The van der Waals surface area contributed by atoms with Gasteiger partial charge in [0, 0.05) is 11.4 Å². The lowest BCUT2D eigenvalue weighted by molar-refractivity contribution is -0.143. The molecule has 0 aromatic rings. The smallest absolute Gasteiger partial charge is 0.311 e. The summed E-state index contributed by atoms with van der Waals surface area (Å²) in [6, 6.07) is 0. The highest BCUT2D eigenvalue weighted by Gasteiger charge is 2.04. The number of carbonyl (C=O) groups is 2. The van der Waals surface area contributed by atoms with Crippen LogP contribution in [-0.2, 0) is 19.1 Å². The van der Waals surface area contributed by atoms with Crippen LogP contribution in [0.4, 0.5) is 0 Å². The van der Waals surface area contributed by atoms with Crippen molar-refractivity contribution in [2.24, 2.45) is 0 Å². The van der Waals surface area contributed by atoms with Crippen LogP contribution in [-0.4, -0.2) is 36.6 Å². The quantitative estimate of drug-likeness (QED) is 0.346. The van der Waals surface area contributed by atoms with Gasteiger partial charge in [-0.3, -0.25) is 9.59 Å². The molecule has 0 aromatic carbocycles. The van der Waals surface area contributed by atoms with Crippen LogP contribution in [0.25, 0.3) is 0 Å². The molecule has 0 atom stereocenters. The lowest BCUT2D eigenvalue weighted by Gasteiger charge is -2.05. The highest BCUT2D eigenvalue weighted by molar-refractivity contribution is 5.96. The van der Waals surface area contributed by atoms with Gasteiger partial charge in [0.15, 0.2) is 0 Å². The van der Waals surface area contributed by atoms with E-state index in [1.165, 1.54) is 0 Å². The number of esters is 2. The van der Waals surface area contributed by atoms with Gasteiger partial charge in [-0.1, -0.05) is 0 Å². The maximum Gasteiger partial charge on any atom is 0.311 e. The fourth-order valence-electron chi connectivity index (χ4n) is 1.46. The normalized spacial score (nSPS) is 9.90. The van der Waals surface area contributed by atoms with E-state index < -0.39 is 0 Å². The molecule has 0 aliphatic carbocycles. The Kier molecular flexibility index (Phi) is 10.2. The number of hydrogen-bond acceptors (Lipinski definition) is 6. The largest absolute Gasteiger partial charge is 0.465 e. The summed E-state index contributed by atoms with van der Waals surface area (Å²) in [5.41, 5.74) is 0.606. The van der Waals surface area contributed by atoms with Crippen molar-refractivity contribution >= 4 is 23.4 Å². The van der Waals surface area contributed by atoms with Gasteiger partial charge >= 0.3 is 11.9 Å². The lowest BCUT2D eigenvalue weighted by atomic mass is 10.2. The summed E-state index contributed by atoms with van der Waals surface area (Å²) in [7, 11) is 0. The van der Waals surface area contributed by atoms with E-state index in [1.54, 1.807) is 13.8 Å². The number of unbranched alkanes of at least 4 members (excludes halogenated alkanes) is 3. The fourth-order valence-corrected chi connectivity index (χ4v) is 1.46. The van der Waals surface area contributed by atoms with Crippen LogP contribution in [0.3, 0.4) is 0 Å². The Hall–Kier alpha value is -1.72. The number of ether oxygens (including phenoxy) is 2. The van der Waals surface area contributed by atoms with E-state index in [4.69, 9.17) is 20.3 Å². The fraction of sp³-hybridized carbons (Fsp3) is 0.714. The van der Waals surface area contributed by atoms with E-state index >= 15 is 0 Å². The molecule has 0 bridgehead atoms. The van der Waals surface area contributed by atoms with Crippen molar-refractivity contribution in [2.45, 2.75) is 52.4 Å². The minimum Gasteiger partial charge on any atom is -0.465 e. The standard InChI is InChI=1S/C14H24N2O4/c1-11(15)9-13(17)19-7-5-3-4-6-8-20-14(18)10-12(2)16/h15-16H,3-10H2,1-2H3. The average molecular weight is 284 g/mol. The Morgan fingerprint density at radius 2 is 1.10 bits per heavy atom. The molecule has 0 aliphatic rings. The van der Waals surface area contributed by atoms with Gasteiger partial charge in [0.25, 0.3) is 0 Å². The molecule has 0 fully saturated rings. The lowest BCUT2D eigenvalue weighted by Crippen LogP contribution is -2.10. The van der Waals surface area contributed by atoms with Crippen molar-refractivity contribution in [3.8, 4) is 0 Å². The van der Waals surface area contributed by atoms with Gasteiger partial charge < -0.3 is 20.3 Å². The van der Waals surface area contributed by atoms with Crippen LogP contribution >= 0.6 is 0 Å². The van der Waals surface area contributed by atoms with Crippen molar-refractivity contribution in [1.29, 1.82) is 10.8 Å². The summed E-state index contributed by atoms with van der Waals surface area (Å²) in [6.45, 7) is 3.89. The first-order valence-corrected chi connectivity index (χ1v) is 6.81. The molecule has 0 aromatic heterocycles. The van der Waals surface area contributed by atoms with Crippen molar-refractivity contribution in [3.05, 3.63) is 0 Å². The maximum absolute atomic E-state index is 11.1. The Morgan fingerprint density at radius 1 is 0.750 bits per heavy atom. The summed E-state index contributed by atoms with van der Waals surface area (Å²) in [6.07, 6.45) is 3.47. The van der Waals surface area contributed by atoms with E-state index in [0.29, 0.717) is 24.6 Å². The molecule has 2 N–H and O–H groups in total. The molecule has 0 heterocycles. The minimum absolute atomic E-state index is 0.0579. The summed E-state index contributed by atoms with van der Waals surface area (Å²) in [4.78, 5) is 22.2. The highest BCUT2D eigenvalue weighted by atomic mass is 16.5. The van der Waals surface area contributed by atoms with E-state index in [0.717, 1.165) is 25.7 Å². The first-order chi connectivity index (χ1) is 9.41. The molecule has 0 amide bonds. The molecular weight excluding hydrogens is 260 g/mol. The predicted molar refractivity (Wildman–Crippen MR) is 76.4 cm³/mol. The van der Waals surface area contributed by atoms with Crippen LogP contribution in [0.2, 0.25) is 0 Å². The van der Waals surface area contributed by atoms with E-state index in [-0.39, 0.29) is 24.8 Å². The van der Waals surface area contributed by atoms with Gasteiger partial charge in [0.05, 0.1) is 26.1 Å². The highest BCUT2D eigenvalue weighted by Crippen LogP contribution is 2.02. The van der Waals surface area contributed by atoms with Crippen molar-refractivity contribution < 1.29 is 19.1 Å². The zero-order chi connectivity index (χ0) is 15.4. The molecule has 0 rings (SSSR count). The molecule has 20 heavy (non-hydrogen) atoms. The second kappa shape index (κ2) is 11.1. The molecular formula is C14H24N2O4. The van der Waals surface area contributed by atoms with Crippen LogP contribution in [0.5, 0.6) is 0 Å². The first-order valence-electron chi connectivity index (χ1n) is 6.81. The number of carbonyl (C=O) groups excluding carboxylic acids is 2. The van der Waals surface area contributed by atoms with Gasteiger partial charge in [0.2, 0.25) is 0 Å². The third kappa shape index (κ3) is 12.7. The molecule has 0 unspecified atom stereocenters. The second-order valence-electron chi connectivity index (χ2n) is 4.77. The van der Waals surface area contributed by atoms with Crippen LogP contribution in [0, 0.1) is 10.8 Å². The molecule has 6 nitrogen and oxygen atoms in total. The van der Waals surface area contributed by atoms with Gasteiger partial charge in [0.1, 0.15) is 0 Å². The van der Waals surface area contributed by atoms with Crippen LogP contribution < -0.4 is 0 Å². The molecule has 114 valence electrons. The zero-order valence-electron chi connectivity index (χ0n) is 12.3. The minimum atomic E-state index is -0.353. The Balaban J connectivity index is 3.33. The topological polar surface area (TPSA) is 100 Å². The summed E-state index contributed by atoms with van der Waals surface area (Å²) in [5.74, 6) is -0.707. The van der Waals surface area contributed by atoms with Crippen molar-refractivity contribution in [1.82, 2.24) is 0 Å². The Labute approximate surface area is 119 Å². The molecule has 0 saturated carbocycles. The van der Waals surface area contributed by atoms with Gasteiger partial charge in [-0.25, -0.2) is 0 Å². The van der Waals surface area contributed by atoms with Gasteiger partial charge in [-0.15, -0.1) is 0 Å². The number of nitrogens with one attached hydrogen (secondary N) is 2. The van der Waals surface area contributed by atoms with E-state index in [9.17, 15) is 9.59 Å². The Morgan fingerprint density at radius 3 is 1.40 bits per heavy atom. The molecule has 0 radical (unpaired) electrons. The van der Waals surface area contributed by atoms with E-state index in [2.05, 4.69) is 0 Å². The van der Waals surface area contributed by atoms with Gasteiger partial charge in [-0.2, -0.15) is 0 Å². The SMILES string of the molecule is CC(=N)CC(=O)OCCCCCCOC(=O)CC(C)=N.